The maximum atomic E-state index is 6.13. The van der Waals surface area contributed by atoms with Crippen LogP contribution in [0.15, 0.2) is 42.5 Å². The summed E-state index contributed by atoms with van der Waals surface area (Å²) in [4.78, 5) is 16.4. The summed E-state index contributed by atoms with van der Waals surface area (Å²) < 4.78 is 0.863. The third kappa shape index (κ3) is 4.18. The average Bonchev–Trinajstić information content (AvgIpc) is 3.18. The van der Waals surface area contributed by atoms with Crippen molar-refractivity contribution in [2.75, 3.05) is 24.5 Å². The summed E-state index contributed by atoms with van der Waals surface area (Å²) >= 11 is 7.81. The molecule has 1 aromatic carbocycles. The number of piperidine rings is 1. The predicted octanol–water partition coefficient (Wildman–Crippen LogP) is 5.41. The van der Waals surface area contributed by atoms with Crippen molar-refractivity contribution in [2.24, 2.45) is 0 Å². The van der Waals surface area contributed by atoms with Crippen LogP contribution in [0.4, 0.5) is 5.82 Å². The largest absolute Gasteiger partial charge is 0.356 e. The third-order valence-electron chi connectivity index (χ3n) is 5.81. The van der Waals surface area contributed by atoms with E-state index in [2.05, 4.69) is 40.1 Å². The summed E-state index contributed by atoms with van der Waals surface area (Å²) in [7, 11) is 0. The zero-order chi connectivity index (χ0) is 19.6. The van der Waals surface area contributed by atoms with Crippen LogP contribution in [-0.2, 0) is 19.5 Å². The van der Waals surface area contributed by atoms with E-state index >= 15 is 0 Å². The van der Waals surface area contributed by atoms with E-state index in [0.29, 0.717) is 0 Å². The Morgan fingerprint density at radius 1 is 0.931 bits per heavy atom. The van der Waals surface area contributed by atoms with Gasteiger partial charge in [0.1, 0.15) is 5.82 Å². The van der Waals surface area contributed by atoms with Gasteiger partial charge in [-0.2, -0.15) is 0 Å². The predicted molar refractivity (Wildman–Crippen MR) is 121 cm³/mol. The van der Waals surface area contributed by atoms with Crippen molar-refractivity contribution >= 4 is 28.8 Å². The molecule has 0 unspecified atom stereocenters. The van der Waals surface area contributed by atoms with E-state index in [-0.39, 0.29) is 0 Å². The minimum Gasteiger partial charge on any atom is -0.356 e. The van der Waals surface area contributed by atoms with Gasteiger partial charge in [0.15, 0.2) is 5.82 Å². The first-order chi connectivity index (χ1) is 14.3. The van der Waals surface area contributed by atoms with Gasteiger partial charge < -0.3 is 4.90 Å². The average molecular weight is 425 g/mol. The van der Waals surface area contributed by atoms with Crippen LogP contribution < -0.4 is 4.90 Å². The molecule has 0 radical (unpaired) electrons. The molecule has 0 amide bonds. The van der Waals surface area contributed by atoms with E-state index < -0.39 is 0 Å². The summed E-state index contributed by atoms with van der Waals surface area (Å²) in [6.45, 7) is 5.06. The number of rotatable bonds is 4. The second kappa shape index (κ2) is 8.42. The monoisotopic (exact) mass is 424 g/mol. The fraction of sp³-hybridized carbons (Fsp3) is 0.391. The maximum Gasteiger partial charge on any atom is 0.161 e. The van der Waals surface area contributed by atoms with E-state index in [4.69, 9.17) is 21.6 Å². The Morgan fingerprint density at radius 3 is 2.52 bits per heavy atom. The third-order valence-corrected chi connectivity index (χ3v) is 7.03. The van der Waals surface area contributed by atoms with Gasteiger partial charge in [0.05, 0.1) is 10.0 Å². The van der Waals surface area contributed by atoms with Gasteiger partial charge in [0.2, 0.25) is 0 Å². The first kappa shape index (κ1) is 19.0. The van der Waals surface area contributed by atoms with Crippen LogP contribution >= 0.6 is 22.9 Å². The van der Waals surface area contributed by atoms with E-state index in [1.54, 1.807) is 11.3 Å². The van der Waals surface area contributed by atoms with Crippen LogP contribution in [0, 0.1) is 0 Å². The molecule has 0 N–H and O–H groups in total. The molecule has 1 saturated heterocycles. The summed E-state index contributed by atoms with van der Waals surface area (Å²) in [5, 5.41) is 0. The van der Waals surface area contributed by atoms with Crippen molar-refractivity contribution in [2.45, 2.75) is 38.8 Å². The van der Waals surface area contributed by atoms with Crippen LogP contribution in [-0.4, -0.2) is 34.5 Å². The van der Waals surface area contributed by atoms with Gasteiger partial charge in [-0.05, 0) is 31.4 Å². The molecule has 0 spiro atoms. The molecular formula is C23H25ClN4S. The highest BCUT2D eigenvalue weighted by molar-refractivity contribution is 7.16. The van der Waals surface area contributed by atoms with Gasteiger partial charge in [0.25, 0.3) is 0 Å². The molecule has 29 heavy (non-hydrogen) atoms. The smallest absolute Gasteiger partial charge is 0.161 e. The van der Waals surface area contributed by atoms with Gasteiger partial charge in [-0.15, -0.1) is 11.3 Å². The summed E-state index contributed by atoms with van der Waals surface area (Å²) in [5.41, 5.74) is 3.64. The zero-order valence-electron chi connectivity index (χ0n) is 16.5. The Kier molecular flexibility index (Phi) is 5.53. The van der Waals surface area contributed by atoms with Crippen molar-refractivity contribution in [3.8, 4) is 11.4 Å². The van der Waals surface area contributed by atoms with E-state index in [9.17, 15) is 0 Å². The molecule has 1 fully saturated rings. The second-order valence-corrected chi connectivity index (χ2v) is 9.68. The molecule has 0 saturated carbocycles. The molecule has 6 heteroatoms. The van der Waals surface area contributed by atoms with Gasteiger partial charge in [-0.3, -0.25) is 4.90 Å². The fourth-order valence-electron chi connectivity index (χ4n) is 4.33. The maximum absolute atomic E-state index is 6.13. The lowest BCUT2D eigenvalue weighted by atomic mass is 10.0. The van der Waals surface area contributed by atoms with E-state index in [1.807, 2.05) is 12.1 Å². The van der Waals surface area contributed by atoms with Crippen LogP contribution in [0.2, 0.25) is 4.34 Å². The molecule has 0 bridgehead atoms. The van der Waals surface area contributed by atoms with Gasteiger partial charge in [-0.1, -0.05) is 41.9 Å². The molecule has 2 aliphatic rings. The molecular weight excluding hydrogens is 400 g/mol. The van der Waals surface area contributed by atoms with Crippen LogP contribution in [0.25, 0.3) is 11.4 Å². The first-order valence-corrected chi connectivity index (χ1v) is 11.6. The highest BCUT2D eigenvalue weighted by Gasteiger charge is 2.26. The second-order valence-electron chi connectivity index (χ2n) is 7.88. The molecule has 4 heterocycles. The topological polar surface area (TPSA) is 32.3 Å². The van der Waals surface area contributed by atoms with Crippen molar-refractivity contribution in [3.05, 3.63) is 62.9 Å². The normalized spacial score (nSPS) is 17.3. The van der Waals surface area contributed by atoms with Crippen molar-refractivity contribution < 1.29 is 0 Å². The molecule has 0 aliphatic carbocycles. The number of anilines is 1. The Balaban J connectivity index is 1.49. The standard InChI is InChI=1S/C23H25ClN4S/c24-21-10-9-18(29-21)15-27-14-11-20-19(16-27)23(28-12-5-2-6-13-28)26-22(25-20)17-7-3-1-4-8-17/h1,3-4,7-10H,2,5-6,11-16H2. The molecule has 150 valence electrons. The van der Waals surface area contributed by atoms with Gasteiger partial charge in [0, 0.05) is 55.1 Å². The minimum absolute atomic E-state index is 0.863. The number of aromatic nitrogens is 2. The summed E-state index contributed by atoms with van der Waals surface area (Å²) in [6.07, 6.45) is 4.78. The lowest BCUT2D eigenvalue weighted by Crippen LogP contribution is -2.36. The Morgan fingerprint density at radius 2 is 1.76 bits per heavy atom. The highest BCUT2D eigenvalue weighted by atomic mass is 35.5. The number of benzene rings is 1. The van der Waals surface area contributed by atoms with Crippen molar-refractivity contribution in [1.82, 2.24) is 14.9 Å². The zero-order valence-corrected chi connectivity index (χ0v) is 18.1. The lowest BCUT2D eigenvalue weighted by Gasteiger charge is -2.34. The Hall–Kier alpha value is -1.95. The number of hydrogen-bond donors (Lipinski definition) is 0. The SMILES string of the molecule is Clc1ccc(CN2CCc3nc(-c4ccccc4)nc(N4CCCCC4)c3C2)s1. The number of nitrogens with zero attached hydrogens (tertiary/aromatic N) is 4. The molecule has 0 atom stereocenters. The number of hydrogen-bond acceptors (Lipinski definition) is 5. The van der Waals surface area contributed by atoms with Crippen molar-refractivity contribution in [3.63, 3.8) is 0 Å². The molecule has 3 aromatic rings. The van der Waals surface area contributed by atoms with E-state index in [0.717, 1.165) is 60.7 Å². The van der Waals surface area contributed by atoms with Crippen molar-refractivity contribution in [1.29, 1.82) is 0 Å². The quantitative estimate of drug-likeness (QED) is 0.560. The summed E-state index contributed by atoms with van der Waals surface area (Å²) in [6, 6.07) is 14.5. The van der Waals surface area contributed by atoms with Crippen LogP contribution in [0.1, 0.15) is 35.4 Å². The number of halogens is 1. The molecule has 5 rings (SSSR count). The van der Waals surface area contributed by atoms with Crippen LogP contribution in [0.3, 0.4) is 0 Å². The van der Waals surface area contributed by atoms with Crippen LogP contribution in [0.5, 0.6) is 0 Å². The molecule has 2 aliphatic heterocycles. The number of thiophene rings is 1. The van der Waals surface area contributed by atoms with Gasteiger partial charge >= 0.3 is 0 Å². The Bertz CT molecular complexity index is 982. The van der Waals surface area contributed by atoms with Gasteiger partial charge in [-0.25, -0.2) is 9.97 Å². The molecule has 4 nitrogen and oxygen atoms in total. The highest BCUT2D eigenvalue weighted by Crippen LogP contribution is 2.32. The fourth-order valence-corrected chi connectivity index (χ4v) is 5.46. The minimum atomic E-state index is 0.863. The lowest BCUT2D eigenvalue weighted by molar-refractivity contribution is 0.245. The van der Waals surface area contributed by atoms with E-state index in [1.165, 1.54) is 35.4 Å². The molecule has 2 aromatic heterocycles. The number of fused-ring (bicyclic) bond motifs is 1. The Labute approximate surface area is 181 Å². The summed E-state index contributed by atoms with van der Waals surface area (Å²) in [5.74, 6) is 2.02. The first-order valence-electron chi connectivity index (χ1n) is 10.4.